The van der Waals surface area contributed by atoms with Crippen LogP contribution < -0.4 is 0 Å². The summed E-state index contributed by atoms with van der Waals surface area (Å²) in [5, 5.41) is 1.34. The van der Waals surface area contributed by atoms with Crippen LogP contribution in [0.5, 0.6) is 0 Å². The molecule has 4 heterocycles. The summed E-state index contributed by atoms with van der Waals surface area (Å²) in [5.74, 6) is -0.0856. The summed E-state index contributed by atoms with van der Waals surface area (Å²) in [7, 11) is 1.53. The van der Waals surface area contributed by atoms with Crippen molar-refractivity contribution in [2.24, 2.45) is 5.41 Å². The molecule has 3 atom stereocenters. The molecular formula is C21H26N2O2. The van der Waals surface area contributed by atoms with Crippen LogP contribution in [-0.4, -0.2) is 35.6 Å². The first-order chi connectivity index (χ1) is 12.2. The van der Waals surface area contributed by atoms with Crippen molar-refractivity contribution in [3.63, 3.8) is 0 Å². The Bertz CT molecular complexity index is 855. The van der Waals surface area contributed by atoms with E-state index in [0.29, 0.717) is 6.04 Å². The summed E-state index contributed by atoms with van der Waals surface area (Å²) in [6.45, 7) is 4.65. The van der Waals surface area contributed by atoms with Gasteiger partial charge in [-0.1, -0.05) is 25.1 Å². The van der Waals surface area contributed by atoms with E-state index in [1.54, 1.807) is 0 Å². The predicted molar refractivity (Wildman–Crippen MR) is 97.6 cm³/mol. The zero-order chi connectivity index (χ0) is 17.2. The zero-order valence-electron chi connectivity index (χ0n) is 15.1. The van der Waals surface area contributed by atoms with Crippen LogP contribution in [0.4, 0.5) is 0 Å². The van der Waals surface area contributed by atoms with Gasteiger partial charge in [-0.2, -0.15) is 0 Å². The van der Waals surface area contributed by atoms with Gasteiger partial charge in [0, 0.05) is 23.1 Å². The zero-order valence-corrected chi connectivity index (χ0v) is 15.1. The Morgan fingerprint density at radius 1 is 1.32 bits per heavy atom. The third-order valence-electron chi connectivity index (χ3n) is 7.12. The molecule has 0 N–H and O–H groups in total. The average molecular weight is 338 g/mol. The number of nitrogens with zero attached hydrogens (tertiary/aromatic N) is 2. The highest BCUT2D eigenvalue weighted by molar-refractivity contribution is 5.89. The molecule has 1 aromatic heterocycles. The second kappa shape index (κ2) is 5.34. The highest BCUT2D eigenvalue weighted by atomic mass is 16.5. The molecule has 4 heteroatoms. The first-order valence-electron chi connectivity index (χ1n) is 9.64. The minimum Gasteiger partial charge on any atom is -0.467 e. The molecule has 3 aliphatic rings. The maximum absolute atomic E-state index is 12.8. The van der Waals surface area contributed by atoms with Crippen molar-refractivity contribution in [3.05, 3.63) is 35.5 Å². The minimum atomic E-state index is -0.187. The average Bonchev–Trinajstić information content (AvgIpc) is 3.01. The molecule has 1 aromatic carbocycles. The minimum absolute atomic E-state index is 0.0856. The van der Waals surface area contributed by atoms with Gasteiger partial charge in [-0.05, 0) is 55.7 Å². The van der Waals surface area contributed by atoms with E-state index in [4.69, 9.17) is 4.74 Å². The second-order valence-electron chi connectivity index (χ2n) is 8.00. The maximum atomic E-state index is 12.8. The van der Waals surface area contributed by atoms with Crippen molar-refractivity contribution in [3.8, 4) is 0 Å². The Kier molecular flexibility index (Phi) is 3.30. The van der Waals surface area contributed by atoms with Crippen LogP contribution in [0.2, 0.25) is 0 Å². The van der Waals surface area contributed by atoms with Crippen LogP contribution in [0, 0.1) is 5.41 Å². The largest absolute Gasteiger partial charge is 0.467 e. The molecule has 25 heavy (non-hydrogen) atoms. The molecule has 0 aliphatic carbocycles. The third-order valence-corrected chi connectivity index (χ3v) is 7.12. The lowest BCUT2D eigenvalue weighted by atomic mass is 9.63. The number of benzene rings is 1. The van der Waals surface area contributed by atoms with Gasteiger partial charge >= 0.3 is 5.97 Å². The number of rotatable bonds is 2. The summed E-state index contributed by atoms with van der Waals surface area (Å²) in [4.78, 5) is 15.5. The maximum Gasteiger partial charge on any atom is 0.328 e. The molecule has 0 spiro atoms. The topological polar surface area (TPSA) is 34.5 Å². The van der Waals surface area contributed by atoms with Gasteiger partial charge < -0.3 is 9.30 Å². The monoisotopic (exact) mass is 338 g/mol. The number of esters is 1. The molecule has 0 saturated carbocycles. The highest BCUT2D eigenvalue weighted by Gasteiger charge is 2.54. The van der Waals surface area contributed by atoms with E-state index in [1.807, 2.05) is 0 Å². The number of piperidine rings is 1. The summed E-state index contributed by atoms with van der Waals surface area (Å²) >= 11 is 0. The molecule has 0 amide bonds. The van der Waals surface area contributed by atoms with Crippen molar-refractivity contribution < 1.29 is 9.53 Å². The fourth-order valence-corrected chi connectivity index (χ4v) is 6.02. The molecule has 0 radical (unpaired) electrons. The number of aromatic nitrogens is 1. The number of hydrogen-bond acceptors (Lipinski definition) is 3. The highest BCUT2D eigenvalue weighted by Crippen LogP contribution is 2.59. The van der Waals surface area contributed by atoms with E-state index in [0.717, 1.165) is 25.8 Å². The lowest BCUT2D eigenvalue weighted by molar-refractivity contribution is -0.149. The molecule has 132 valence electrons. The van der Waals surface area contributed by atoms with E-state index < -0.39 is 0 Å². The van der Waals surface area contributed by atoms with Crippen LogP contribution in [-0.2, 0) is 16.0 Å². The molecule has 0 bridgehead atoms. The van der Waals surface area contributed by atoms with Crippen LogP contribution in [0.25, 0.3) is 10.9 Å². The number of fused-ring (bicyclic) bond motifs is 3. The Morgan fingerprint density at radius 2 is 2.16 bits per heavy atom. The summed E-state index contributed by atoms with van der Waals surface area (Å²) < 4.78 is 7.59. The molecule has 3 aliphatic heterocycles. The van der Waals surface area contributed by atoms with E-state index in [1.165, 1.54) is 48.7 Å². The van der Waals surface area contributed by atoms with Gasteiger partial charge in [0.1, 0.15) is 6.04 Å². The molecule has 4 nitrogen and oxygen atoms in total. The van der Waals surface area contributed by atoms with Gasteiger partial charge in [0.05, 0.1) is 13.2 Å². The summed E-state index contributed by atoms with van der Waals surface area (Å²) in [6.07, 6.45) is 5.59. The second-order valence-corrected chi connectivity index (χ2v) is 8.00. The molecule has 5 rings (SSSR count). The third kappa shape index (κ3) is 1.89. The predicted octanol–water partition coefficient (Wildman–Crippen LogP) is 3.85. The number of hydrogen-bond donors (Lipinski definition) is 0. The fraction of sp³-hybridized carbons (Fsp3) is 0.571. The quantitative estimate of drug-likeness (QED) is 0.780. The molecular weight excluding hydrogens is 312 g/mol. The number of methoxy groups -OCH3 is 1. The Balaban J connectivity index is 1.84. The summed E-state index contributed by atoms with van der Waals surface area (Å²) in [5.41, 5.74) is 4.30. The number of para-hydroxylation sites is 1. The number of carbonyl (C=O) groups is 1. The van der Waals surface area contributed by atoms with Gasteiger partial charge in [-0.3, -0.25) is 4.90 Å². The van der Waals surface area contributed by atoms with Crippen LogP contribution in [0.15, 0.2) is 24.3 Å². The Hall–Kier alpha value is -1.81. The van der Waals surface area contributed by atoms with Crippen molar-refractivity contribution in [2.45, 2.75) is 51.1 Å². The lowest BCUT2D eigenvalue weighted by Crippen LogP contribution is -2.53. The first kappa shape index (κ1) is 15.4. The van der Waals surface area contributed by atoms with Gasteiger partial charge in [0.15, 0.2) is 0 Å². The first-order valence-corrected chi connectivity index (χ1v) is 9.64. The smallest absolute Gasteiger partial charge is 0.328 e. The van der Waals surface area contributed by atoms with Gasteiger partial charge in [0.2, 0.25) is 0 Å². The fourth-order valence-electron chi connectivity index (χ4n) is 6.02. The van der Waals surface area contributed by atoms with E-state index >= 15 is 0 Å². The van der Waals surface area contributed by atoms with Gasteiger partial charge in [-0.25, -0.2) is 4.79 Å². The van der Waals surface area contributed by atoms with E-state index in [9.17, 15) is 4.79 Å². The van der Waals surface area contributed by atoms with E-state index in [2.05, 4.69) is 40.7 Å². The molecule has 1 fully saturated rings. The van der Waals surface area contributed by atoms with Crippen LogP contribution in [0.3, 0.4) is 0 Å². The van der Waals surface area contributed by atoms with Crippen molar-refractivity contribution in [2.75, 3.05) is 20.2 Å². The van der Waals surface area contributed by atoms with Gasteiger partial charge in [0.25, 0.3) is 0 Å². The van der Waals surface area contributed by atoms with E-state index in [-0.39, 0.29) is 17.4 Å². The summed E-state index contributed by atoms with van der Waals surface area (Å²) in [6, 6.07) is 8.90. The Labute approximate surface area is 148 Å². The van der Waals surface area contributed by atoms with Crippen molar-refractivity contribution >= 4 is 16.9 Å². The standard InChI is InChI=1S/C21H26N2O2/c1-3-21-10-6-11-22-12-9-15-14-7-4-5-8-16(14)23(18(15)19(21)22)17(13-21)20(24)25-2/h4-5,7-8,17,19H,3,6,9-13H2,1-2H3/t17-,19-,21+/m0/s1. The SMILES string of the molecule is CC[C@@]12CCCN3CCc4c(n(c5ccccc45)[C@H](C(=O)OC)C1)[C@H]32. The van der Waals surface area contributed by atoms with Crippen LogP contribution in [0.1, 0.15) is 55.9 Å². The molecule has 0 unspecified atom stereocenters. The van der Waals surface area contributed by atoms with Gasteiger partial charge in [-0.15, -0.1) is 0 Å². The van der Waals surface area contributed by atoms with Crippen LogP contribution >= 0.6 is 0 Å². The number of carbonyl (C=O) groups excluding carboxylic acids is 1. The van der Waals surface area contributed by atoms with Crippen molar-refractivity contribution in [1.29, 1.82) is 0 Å². The lowest BCUT2D eigenvalue weighted by Gasteiger charge is -2.56. The molecule has 1 saturated heterocycles. The normalized spacial score (nSPS) is 31.0. The molecule has 2 aromatic rings. The number of ether oxygens (including phenoxy) is 1. The Morgan fingerprint density at radius 3 is 2.96 bits per heavy atom. The van der Waals surface area contributed by atoms with Crippen molar-refractivity contribution in [1.82, 2.24) is 9.47 Å².